The molecule has 13 heteroatoms. The molecule has 0 atom stereocenters. The van der Waals surface area contributed by atoms with Gasteiger partial charge in [-0.05, 0) is 0 Å². The van der Waals surface area contributed by atoms with Gasteiger partial charge in [0, 0.05) is 0 Å². The normalized spacial score (nSPS) is 9.23. The van der Waals surface area contributed by atoms with Crippen LogP contribution in [0.4, 0.5) is 0 Å². The molecule has 0 aliphatic carbocycles. The van der Waals surface area contributed by atoms with Crippen molar-refractivity contribution in [2.24, 2.45) is 0 Å². The van der Waals surface area contributed by atoms with Gasteiger partial charge in [0.15, 0.2) is 0 Å². The molecule has 0 aromatic heterocycles. The van der Waals surface area contributed by atoms with Crippen molar-refractivity contribution in [1.29, 1.82) is 5.59 Å². The Morgan fingerprint density at radius 2 is 0.692 bits per heavy atom. The first-order valence-corrected chi connectivity index (χ1v) is 4.40. The molecule has 0 saturated carbocycles. The van der Waals surface area contributed by atoms with Crippen LogP contribution in [0.2, 0.25) is 0 Å². The first kappa shape index (κ1) is 23.6. The Morgan fingerprint density at radius 3 is 0.692 bits per heavy atom. The summed E-state index contributed by atoms with van der Waals surface area (Å²) < 4.78 is 63.2. The van der Waals surface area contributed by atoms with Crippen LogP contribution in [0.3, 0.4) is 0 Å². The van der Waals surface area contributed by atoms with E-state index < -0.39 is 20.8 Å². The maximum atomic E-state index is 8.74. The molecule has 0 aliphatic heterocycles. The Hall–Kier alpha value is 0.976. The van der Waals surface area contributed by atoms with E-state index >= 15 is 0 Å². The topological polar surface area (TPSA) is 190 Å². The van der Waals surface area contributed by atoms with Crippen molar-refractivity contribution in [3.8, 4) is 0 Å². The Labute approximate surface area is 116 Å². The molecule has 0 aliphatic rings. The van der Waals surface area contributed by atoms with Gasteiger partial charge in [0.2, 0.25) is 0 Å². The van der Waals surface area contributed by atoms with Crippen molar-refractivity contribution in [3.05, 3.63) is 4.91 Å². The zero-order valence-electron chi connectivity index (χ0n) is 5.15. The van der Waals surface area contributed by atoms with E-state index in [1.54, 1.807) is 0 Å². The van der Waals surface area contributed by atoms with E-state index in [0.29, 0.717) is 0 Å². The number of rotatable bonds is 0. The Morgan fingerprint density at radius 1 is 0.692 bits per heavy atom. The first-order valence-electron chi connectivity index (χ1n) is 1.60. The van der Waals surface area contributed by atoms with Crippen LogP contribution >= 0.6 is 0 Å². The van der Waals surface area contributed by atoms with Crippen molar-refractivity contribution in [2.45, 2.75) is 0 Å². The number of hydrogen-bond donors (Lipinski definition) is 5. The van der Waals surface area contributed by atoms with Crippen molar-refractivity contribution in [1.82, 2.24) is 0 Å². The predicted molar refractivity (Wildman–Crippen MR) is 41.6 cm³/mol. The third-order valence-electron chi connectivity index (χ3n) is 0. The van der Waals surface area contributed by atoms with Crippen molar-refractivity contribution in [3.63, 3.8) is 0 Å². The van der Waals surface area contributed by atoms with Crippen LogP contribution in [0.5, 0.6) is 0 Å². The first-order chi connectivity index (χ1) is 5.00. The van der Waals surface area contributed by atoms with E-state index in [1.807, 2.05) is 0 Å². The molecule has 0 unspecified atom stereocenters. The van der Waals surface area contributed by atoms with E-state index in [-0.39, 0.29) is 51.4 Å². The van der Waals surface area contributed by atoms with E-state index in [4.69, 9.17) is 40.0 Å². The molecular formula is H6KNO9S2. The summed E-state index contributed by atoms with van der Waals surface area (Å²) in [5.74, 6) is 0. The van der Waals surface area contributed by atoms with Gasteiger partial charge in [0.25, 0.3) is 0 Å². The molecule has 5 N–H and O–H groups in total. The molecule has 0 rings (SSSR count). The summed E-state index contributed by atoms with van der Waals surface area (Å²) in [6.07, 6.45) is 0. The van der Waals surface area contributed by atoms with Gasteiger partial charge < -0.3 is 0 Å². The summed E-state index contributed by atoms with van der Waals surface area (Å²) in [6, 6.07) is 0. The van der Waals surface area contributed by atoms with Gasteiger partial charge in [0.1, 0.15) is 0 Å². The SMILES string of the molecule is N=O.O=S(=O)(O)O.O=S(=O)(O)O.[KH]. The maximum absolute atomic E-state index is 8.74. The molecule has 0 radical (unpaired) electrons. The number of hydrogen-bond acceptors (Lipinski definition) is 6. The molecule has 10 nitrogen and oxygen atoms in total. The van der Waals surface area contributed by atoms with Gasteiger partial charge in [-0.3, -0.25) is 18.2 Å². The molecule has 0 heterocycles. The zero-order valence-corrected chi connectivity index (χ0v) is 6.78. The molecule has 0 fully saturated rings. The third kappa shape index (κ3) is 1640. The molecule has 0 aromatic carbocycles. The van der Waals surface area contributed by atoms with Gasteiger partial charge in [-0.15, -0.1) is 0 Å². The molecular weight excluding hydrogens is 261 g/mol. The quantitative estimate of drug-likeness (QED) is 0.195. The fourth-order valence-corrected chi connectivity index (χ4v) is 0. The molecule has 0 aromatic rings. The fraction of sp³-hybridized carbons (Fsp3) is 0. The molecule has 0 amide bonds. The molecule has 0 saturated heterocycles. The molecule has 0 bridgehead atoms. The van der Waals surface area contributed by atoms with Gasteiger partial charge >= 0.3 is 72.2 Å². The minimum absolute atomic E-state index is 0. The second kappa shape index (κ2) is 11.1. The van der Waals surface area contributed by atoms with E-state index in [1.165, 1.54) is 0 Å². The fourth-order valence-electron chi connectivity index (χ4n) is 0. The van der Waals surface area contributed by atoms with Crippen LogP contribution in [0.25, 0.3) is 0 Å². The van der Waals surface area contributed by atoms with Gasteiger partial charge in [0.05, 0.1) is 0 Å². The predicted octanol–water partition coefficient (Wildman–Crippen LogP) is -1.62. The Kier molecular flexibility index (Phi) is 20.1. The van der Waals surface area contributed by atoms with Crippen molar-refractivity contribution in [2.75, 3.05) is 0 Å². The van der Waals surface area contributed by atoms with E-state index in [2.05, 4.69) is 5.59 Å². The zero-order chi connectivity index (χ0) is 11.0. The summed E-state index contributed by atoms with van der Waals surface area (Å²) in [5, 5.41) is 0. The van der Waals surface area contributed by atoms with Crippen LogP contribution in [-0.2, 0) is 20.8 Å². The second-order valence-electron chi connectivity index (χ2n) is 0.896. The average Bonchev–Trinajstić information content (AvgIpc) is 1.59. The minimum atomic E-state index is -4.67. The average molecular weight is 267 g/mol. The summed E-state index contributed by atoms with van der Waals surface area (Å²) in [6.45, 7) is 0. The monoisotopic (exact) mass is 267 g/mol. The second-order valence-corrected chi connectivity index (χ2v) is 2.69. The van der Waals surface area contributed by atoms with Crippen LogP contribution < -0.4 is 0 Å². The molecule has 78 valence electrons. The number of nitroso groups, excluding NO2 is 1. The Bertz CT molecular complexity index is 227. The van der Waals surface area contributed by atoms with E-state index in [0.717, 1.165) is 0 Å². The summed E-state index contributed by atoms with van der Waals surface area (Å²) >= 11 is 0. The van der Waals surface area contributed by atoms with Gasteiger partial charge in [-0.25, -0.2) is 0 Å². The third-order valence-corrected chi connectivity index (χ3v) is 0. The van der Waals surface area contributed by atoms with Crippen LogP contribution in [0, 0.1) is 10.5 Å². The summed E-state index contributed by atoms with van der Waals surface area (Å²) in [4.78, 5) is 7.50. The molecule has 0 spiro atoms. The van der Waals surface area contributed by atoms with Crippen LogP contribution in [-0.4, -0.2) is 86.4 Å². The van der Waals surface area contributed by atoms with Crippen molar-refractivity contribution < 1.29 is 35.0 Å². The molecule has 13 heavy (non-hydrogen) atoms. The number of nitrogens with one attached hydrogen (secondary N) is 1. The van der Waals surface area contributed by atoms with Crippen LogP contribution in [0.15, 0.2) is 0 Å². The Balaban J connectivity index is -0.0000000491. The summed E-state index contributed by atoms with van der Waals surface area (Å²) in [5.41, 5.74) is 4.50. The van der Waals surface area contributed by atoms with Gasteiger partial charge in [-0.1, -0.05) is 5.59 Å². The standard InChI is InChI=1S/K.HNO.2H2O4S.H/c;1-2;2*1-5(2,3)4;/h;1H;2*(H2,1,2,3,4);. The van der Waals surface area contributed by atoms with E-state index in [9.17, 15) is 0 Å². The van der Waals surface area contributed by atoms with Crippen LogP contribution in [0.1, 0.15) is 0 Å². The van der Waals surface area contributed by atoms with Crippen molar-refractivity contribution >= 4 is 72.2 Å². The van der Waals surface area contributed by atoms with Gasteiger partial charge in [-0.2, -0.15) is 21.7 Å². The summed E-state index contributed by atoms with van der Waals surface area (Å²) in [7, 11) is -9.33.